The monoisotopic (exact) mass is 201 g/mol. The minimum atomic E-state index is 0.231. The number of hydrogen-bond donors (Lipinski definition) is 2. The standard InChI is InChI=1S/C11H23NO2/c1-8(9(2)14-3)12-11(6-7-13)10-4-5-10/h8-13H,4-7H2,1-3H3. The molecule has 2 N–H and O–H groups in total. The Balaban J connectivity index is 2.30. The van der Waals surface area contributed by atoms with Crippen LogP contribution in [0.1, 0.15) is 33.1 Å². The quantitative estimate of drug-likeness (QED) is 0.649. The molecule has 0 aliphatic heterocycles. The van der Waals surface area contributed by atoms with Gasteiger partial charge in [0.05, 0.1) is 6.10 Å². The summed E-state index contributed by atoms with van der Waals surface area (Å²) in [6.45, 7) is 4.49. The summed E-state index contributed by atoms with van der Waals surface area (Å²) in [7, 11) is 1.74. The van der Waals surface area contributed by atoms with Crippen LogP contribution in [0.4, 0.5) is 0 Å². The first-order valence-corrected chi connectivity index (χ1v) is 5.58. The largest absolute Gasteiger partial charge is 0.396 e. The maximum Gasteiger partial charge on any atom is 0.0693 e. The van der Waals surface area contributed by atoms with Crippen molar-refractivity contribution in [2.45, 2.75) is 51.3 Å². The molecule has 0 aromatic carbocycles. The van der Waals surface area contributed by atoms with E-state index in [-0.39, 0.29) is 12.7 Å². The Bertz CT molecular complexity index is 159. The average molecular weight is 201 g/mol. The summed E-state index contributed by atoms with van der Waals surface area (Å²) >= 11 is 0. The Morgan fingerprint density at radius 1 is 1.43 bits per heavy atom. The van der Waals surface area contributed by atoms with Crippen molar-refractivity contribution in [2.24, 2.45) is 5.92 Å². The lowest BCUT2D eigenvalue weighted by Gasteiger charge is -2.26. The molecule has 0 saturated heterocycles. The maximum atomic E-state index is 8.95. The van der Waals surface area contributed by atoms with Crippen molar-refractivity contribution in [1.82, 2.24) is 5.32 Å². The van der Waals surface area contributed by atoms with Crippen LogP contribution in [0.3, 0.4) is 0 Å². The maximum absolute atomic E-state index is 8.95. The summed E-state index contributed by atoms with van der Waals surface area (Å²) in [4.78, 5) is 0. The second-order valence-corrected chi connectivity index (χ2v) is 4.35. The Morgan fingerprint density at radius 2 is 2.07 bits per heavy atom. The molecule has 0 bridgehead atoms. The number of nitrogens with one attached hydrogen (secondary N) is 1. The predicted molar refractivity (Wildman–Crippen MR) is 57.3 cm³/mol. The normalized spacial score (nSPS) is 23.1. The molecule has 0 spiro atoms. The summed E-state index contributed by atoms with van der Waals surface area (Å²) in [5.74, 6) is 0.786. The minimum absolute atomic E-state index is 0.231. The third kappa shape index (κ3) is 3.56. The van der Waals surface area contributed by atoms with E-state index < -0.39 is 0 Å². The molecule has 0 aromatic heterocycles. The second kappa shape index (κ2) is 5.69. The average Bonchev–Trinajstić information content (AvgIpc) is 2.99. The van der Waals surface area contributed by atoms with E-state index in [9.17, 15) is 0 Å². The van der Waals surface area contributed by atoms with Gasteiger partial charge in [-0.3, -0.25) is 0 Å². The smallest absolute Gasteiger partial charge is 0.0693 e. The van der Waals surface area contributed by atoms with Crippen LogP contribution in [0.25, 0.3) is 0 Å². The molecule has 0 radical (unpaired) electrons. The second-order valence-electron chi connectivity index (χ2n) is 4.35. The van der Waals surface area contributed by atoms with Crippen LogP contribution in [-0.4, -0.2) is 37.0 Å². The molecule has 0 amide bonds. The van der Waals surface area contributed by atoms with Gasteiger partial charge in [-0.1, -0.05) is 0 Å². The van der Waals surface area contributed by atoms with E-state index in [1.54, 1.807) is 7.11 Å². The first-order valence-electron chi connectivity index (χ1n) is 5.58. The Kier molecular flexibility index (Phi) is 4.85. The number of aliphatic hydroxyl groups excluding tert-OH is 1. The van der Waals surface area contributed by atoms with Crippen molar-refractivity contribution in [3.05, 3.63) is 0 Å². The summed E-state index contributed by atoms with van der Waals surface area (Å²) in [6.07, 6.45) is 3.72. The lowest BCUT2D eigenvalue weighted by Crippen LogP contribution is -2.44. The lowest BCUT2D eigenvalue weighted by molar-refractivity contribution is 0.0811. The van der Waals surface area contributed by atoms with Gasteiger partial charge in [0.25, 0.3) is 0 Å². The van der Waals surface area contributed by atoms with Crippen LogP contribution < -0.4 is 5.32 Å². The van der Waals surface area contributed by atoms with E-state index in [4.69, 9.17) is 9.84 Å². The van der Waals surface area contributed by atoms with Gasteiger partial charge in [0.1, 0.15) is 0 Å². The van der Waals surface area contributed by atoms with Crippen LogP contribution in [-0.2, 0) is 4.74 Å². The van der Waals surface area contributed by atoms with Crippen molar-refractivity contribution in [3.63, 3.8) is 0 Å². The molecular weight excluding hydrogens is 178 g/mol. The fraction of sp³-hybridized carbons (Fsp3) is 1.00. The molecule has 1 aliphatic rings. The van der Waals surface area contributed by atoms with Gasteiger partial charge in [0.15, 0.2) is 0 Å². The summed E-state index contributed by atoms with van der Waals surface area (Å²) in [5.41, 5.74) is 0. The zero-order chi connectivity index (χ0) is 10.6. The molecule has 3 nitrogen and oxygen atoms in total. The zero-order valence-corrected chi connectivity index (χ0v) is 9.49. The van der Waals surface area contributed by atoms with Crippen LogP contribution in [0, 0.1) is 5.92 Å². The fourth-order valence-electron chi connectivity index (χ4n) is 1.77. The van der Waals surface area contributed by atoms with Gasteiger partial charge in [0.2, 0.25) is 0 Å². The summed E-state index contributed by atoms with van der Waals surface area (Å²) in [5, 5.41) is 12.5. The molecule has 3 atom stereocenters. The third-order valence-electron chi connectivity index (χ3n) is 3.18. The number of aliphatic hydroxyl groups is 1. The van der Waals surface area contributed by atoms with E-state index in [0.717, 1.165) is 12.3 Å². The molecule has 14 heavy (non-hydrogen) atoms. The van der Waals surface area contributed by atoms with Gasteiger partial charge in [-0.05, 0) is 39.0 Å². The molecular formula is C11H23NO2. The SMILES string of the molecule is COC(C)C(C)NC(CCO)C1CC1. The highest BCUT2D eigenvalue weighted by molar-refractivity contribution is 4.88. The number of methoxy groups -OCH3 is 1. The first kappa shape index (κ1) is 12.0. The molecule has 3 unspecified atom stereocenters. The Hall–Kier alpha value is -0.120. The highest BCUT2D eigenvalue weighted by Gasteiger charge is 2.32. The highest BCUT2D eigenvalue weighted by atomic mass is 16.5. The summed E-state index contributed by atoms with van der Waals surface area (Å²) in [6, 6.07) is 0.838. The van der Waals surface area contributed by atoms with Crippen LogP contribution in [0.5, 0.6) is 0 Å². The molecule has 1 rings (SSSR count). The van der Waals surface area contributed by atoms with Crippen molar-refractivity contribution < 1.29 is 9.84 Å². The first-order chi connectivity index (χ1) is 6.69. The van der Waals surface area contributed by atoms with Gasteiger partial charge in [-0.2, -0.15) is 0 Å². The highest BCUT2D eigenvalue weighted by Crippen LogP contribution is 2.34. The van der Waals surface area contributed by atoms with Crippen molar-refractivity contribution >= 4 is 0 Å². The molecule has 1 fully saturated rings. The van der Waals surface area contributed by atoms with E-state index in [1.165, 1.54) is 12.8 Å². The van der Waals surface area contributed by atoms with Gasteiger partial charge >= 0.3 is 0 Å². The topological polar surface area (TPSA) is 41.5 Å². The Labute approximate surface area is 86.8 Å². The fourth-order valence-corrected chi connectivity index (χ4v) is 1.77. The zero-order valence-electron chi connectivity index (χ0n) is 9.49. The van der Waals surface area contributed by atoms with E-state index >= 15 is 0 Å². The van der Waals surface area contributed by atoms with E-state index in [1.807, 2.05) is 0 Å². The predicted octanol–water partition coefficient (Wildman–Crippen LogP) is 1.16. The van der Waals surface area contributed by atoms with Crippen molar-refractivity contribution in [3.8, 4) is 0 Å². The molecule has 1 saturated carbocycles. The number of hydrogen-bond acceptors (Lipinski definition) is 3. The van der Waals surface area contributed by atoms with Gasteiger partial charge in [0, 0.05) is 25.8 Å². The van der Waals surface area contributed by atoms with E-state index in [0.29, 0.717) is 12.1 Å². The van der Waals surface area contributed by atoms with Crippen molar-refractivity contribution in [2.75, 3.05) is 13.7 Å². The molecule has 1 aliphatic carbocycles. The number of ether oxygens (including phenoxy) is 1. The van der Waals surface area contributed by atoms with Crippen LogP contribution >= 0.6 is 0 Å². The van der Waals surface area contributed by atoms with Crippen LogP contribution in [0.15, 0.2) is 0 Å². The van der Waals surface area contributed by atoms with Crippen molar-refractivity contribution in [1.29, 1.82) is 0 Å². The molecule has 0 aromatic rings. The third-order valence-corrected chi connectivity index (χ3v) is 3.18. The molecule has 84 valence electrons. The molecule has 3 heteroatoms. The minimum Gasteiger partial charge on any atom is -0.396 e. The number of rotatable bonds is 7. The summed E-state index contributed by atoms with van der Waals surface area (Å²) < 4.78 is 5.27. The van der Waals surface area contributed by atoms with E-state index in [2.05, 4.69) is 19.2 Å². The van der Waals surface area contributed by atoms with Gasteiger partial charge in [-0.15, -0.1) is 0 Å². The van der Waals surface area contributed by atoms with Crippen LogP contribution in [0.2, 0.25) is 0 Å². The Morgan fingerprint density at radius 3 is 2.50 bits per heavy atom. The van der Waals surface area contributed by atoms with Gasteiger partial charge < -0.3 is 15.2 Å². The lowest BCUT2D eigenvalue weighted by atomic mass is 10.1. The van der Waals surface area contributed by atoms with Gasteiger partial charge in [-0.25, -0.2) is 0 Å². The molecule has 0 heterocycles.